The fourth-order valence-electron chi connectivity index (χ4n) is 4.85. The van der Waals surface area contributed by atoms with Crippen LogP contribution in [0, 0.1) is 6.92 Å². The molecule has 4 aromatic rings. The van der Waals surface area contributed by atoms with Crippen LogP contribution < -0.4 is 15.1 Å². The zero-order valence-electron chi connectivity index (χ0n) is 21.3. The maximum Gasteiger partial charge on any atom is 0.226 e. The molecule has 1 aliphatic rings. The molecule has 1 saturated heterocycles. The summed E-state index contributed by atoms with van der Waals surface area (Å²) in [4.78, 5) is 17.9. The van der Waals surface area contributed by atoms with Crippen LogP contribution in [0.3, 0.4) is 0 Å². The number of methoxy groups -OCH3 is 1. The third-order valence-corrected chi connectivity index (χ3v) is 6.87. The van der Waals surface area contributed by atoms with Crippen molar-refractivity contribution in [2.45, 2.75) is 32.6 Å². The lowest BCUT2D eigenvalue weighted by Gasteiger charge is -2.30. The van der Waals surface area contributed by atoms with E-state index in [4.69, 9.17) is 14.7 Å². The Kier molecular flexibility index (Phi) is 7.67. The number of fused-ring (bicyclic) bond motifs is 1. The highest BCUT2D eigenvalue weighted by Gasteiger charge is 2.19. The minimum absolute atomic E-state index is 0.611. The van der Waals surface area contributed by atoms with E-state index >= 15 is 0 Å². The first-order valence-electron chi connectivity index (χ1n) is 13.0. The molecule has 36 heavy (non-hydrogen) atoms. The molecule has 188 valence electrons. The van der Waals surface area contributed by atoms with E-state index in [9.17, 15) is 0 Å². The normalized spacial score (nSPS) is 13.8. The molecule has 7 nitrogen and oxygen atoms in total. The fraction of sp³-hybridized carbons (Fsp3) is 0.379. The Morgan fingerprint density at radius 1 is 1.03 bits per heavy atom. The Balaban J connectivity index is 1.42. The van der Waals surface area contributed by atoms with Gasteiger partial charge in [-0.15, -0.1) is 0 Å². The monoisotopic (exact) mass is 484 g/mol. The molecule has 5 rings (SSSR count). The van der Waals surface area contributed by atoms with Gasteiger partial charge in [0.25, 0.3) is 0 Å². The molecule has 0 spiro atoms. The fourth-order valence-corrected chi connectivity index (χ4v) is 4.85. The third kappa shape index (κ3) is 5.62. The van der Waals surface area contributed by atoms with E-state index in [0.717, 1.165) is 43.4 Å². The second-order valence-electron chi connectivity index (χ2n) is 9.47. The highest BCUT2D eigenvalue weighted by molar-refractivity contribution is 5.83. The number of rotatable bonds is 10. The van der Waals surface area contributed by atoms with Crippen LogP contribution in [-0.2, 0) is 11.2 Å². The Morgan fingerprint density at radius 2 is 1.83 bits per heavy atom. The molecule has 2 aromatic carbocycles. The maximum absolute atomic E-state index is 5.44. The molecule has 0 amide bonds. The highest BCUT2D eigenvalue weighted by atomic mass is 16.5. The summed E-state index contributed by atoms with van der Waals surface area (Å²) >= 11 is 0. The van der Waals surface area contributed by atoms with Gasteiger partial charge in [0.2, 0.25) is 5.95 Å². The number of nitrogens with one attached hydrogen (secondary N) is 2. The predicted octanol–water partition coefficient (Wildman–Crippen LogP) is 5.70. The van der Waals surface area contributed by atoms with Crippen LogP contribution >= 0.6 is 0 Å². The Morgan fingerprint density at radius 3 is 2.64 bits per heavy atom. The SMILES string of the molecule is COCCN(c1ccc(C)cc1)c1cc(N2CCCCC2)nc(NCCc2c[nH]c3ccccc23)n1. The van der Waals surface area contributed by atoms with Crippen molar-refractivity contribution < 1.29 is 4.74 Å². The molecule has 0 saturated carbocycles. The van der Waals surface area contributed by atoms with Crippen molar-refractivity contribution in [2.75, 3.05) is 55.0 Å². The van der Waals surface area contributed by atoms with E-state index < -0.39 is 0 Å². The summed E-state index contributed by atoms with van der Waals surface area (Å²) < 4.78 is 5.44. The van der Waals surface area contributed by atoms with Gasteiger partial charge < -0.3 is 24.8 Å². The number of benzene rings is 2. The third-order valence-electron chi connectivity index (χ3n) is 6.87. The largest absolute Gasteiger partial charge is 0.383 e. The molecule has 1 fully saturated rings. The van der Waals surface area contributed by atoms with Gasteiger partial charge >= 0.3 is 0 Å². The molecular formula is C29H36N6O. The second kappa shape index (κ2) is 11.4. The summed E-state index contributed by atoms with van der Waals surface area (Å²) in [6.45, 7) is 6.26. The molecule has 2 N–H and O–H groups in total. The Bertz CT molecular complexity index is 1260. The topological polar surface area (TPSA) is 69.3 Å². The number of para-hydroxylation sites is 1. The summed E-state index contributed by atoms with van der Waals surface area (Å²) in [6, 6.07) is 19.1. The molecule has 0 radical (unpaired) electrons. The van der Waals surface area contributed by atoms with Gasteiger partial charge in [0, 0.05) is 62.1 Å². The van der Waals surface area contributed by atoms with Gasteiger partial charge in [-0.2, -0.15) is 9.97 Å². The lowest BCUT2D eigenvalue weighted by atomic mass is 10.1. The maximum atomic E-state index is 5.44. The number of ether oxygens (including phenoxy) is 1. The van der Waals surface area contributed by atoms with Crippen molar-refractivity contribution >= 4 is 34.2 Å². The van der Waals surface area contributed by atoms with Crippen LogP contribution in [0.2, 0.25) is 0 Å². The van der Waals surface area contributed by atoms with E-state index in [1.807, 2.05) is 0 Å². The van der Waals surface area contributed by atoms with Gasteiger partial charge in [-0.25, -0.2) is 0 Å². The number of hydrogen-bond donors (Lipinski definition) is 2. The standard InChI is InChI=1S/C29H36N6O/c1-22-10-12-24(13-11-22)35(18-19-36-2)28-20-27(34-16-6-3-7-17-34)32-29(33-28)30-15-14-23-21-31-26-9-5-4-8-25(23)26/h4-5,8-13,20-21,31H,3,6-7,14-19H2,1-2H3,(H,30,32,33). The van der Waals surface area contributed by atoms with Crippen molar-refractivity contribution in [2.24, 2.45) is 0 Å². The summed E-state index contributed by atoms with van der Waals surface area (Å²) in [7, 11) is 1.74. The van der Waals surface area contributed by atoms with Crippen LogP contribution in [-0.4, -0.2) is 54.8 Å². The molecule has 0 bridgehead atoms. The van der Waals surface area contributed by atoms with E-state index in [1.165, 1.54) is 41.3 Å². The van der Waals surface area contributed by atoms with E-state index in [-0.39, 0.29) is 0 Å². The van der Waals surface area contributed by atoms with Gasteiger partial charge in [-0.1, -0.05) is 35.9 Å². The van der Waals surface area contributed by atoms with Gasteiger partial charge in [0.05, 0.1) is 6.61 Å². The van der Waals surface area contributed by atoms with Gasteiger partial charge in [-0.05, 0) is 56.4 Å². The summed E-state index contributed by atoms with van der Waals surface area (Å²) in [5.74, 6) is 2.55. The number of H-pyrrole nitrogens is 1. The summed E-state index contributed by atoms with van der Waals surface area (Å²) in [5.41, 5.74) is 4.81. The summed E-state index contributed by atoms with van der Waals surface area (Å²) in [5, 5.41) is 4.79. The first kappa shape index (κ1) is 24.1. The highest BCUT2D eigenvalue weighted by Crippen LogP contribution is 2.29. The van der Waals surface area contributed by atoms with Crippen LogP contribution in [0.25, 0.3) is 10.9 Å². The zero-order valence-corrected chi connectivity index (χ0v) is 21.3. The van der Waals surface area contributed by atoms with Crippen molar-refractivity contribution in [3.8, 4) is 0 Å². The first-order chi connectivity index (χ1) is 17.7. The van der Waals surface area contributed by atoms with Crippen LogP contribution in [0.5, 0.6) is 0 Å². The second-order valence-corrected chi connectivity index (χ2v) is 9.47. The van der Waals surface area contributed by atoms with Gasteiger partial charge in [-0.3, -0.25) is 0 Å². The molecular weight excluding hydrogens is 448 g/mol. The average molecular weight is 485 g/mol. The number of nitrogens with zero attached hydrogens (tertiary/aromatic N) is 4. The van der Waals surface area contributed by atoms with E-state index in [0.29, 0.717) is 19.1 Å². The lowest BCUT2D eigenvalue weighted by Crippen LogP contribution is -2.31. The number of aromatic amines is 1. The zero-order chi connectivity index (χ0) is 24.7. The van der Waals surface area contributed by atoms with Gasteiger partial charge in [0.1, 0.15) is 11.6 Å². The molecule has 0 atom stereocenters. The van der Waals surface area contributed by atoms with Crippen molar-refractivity contribution in [1.82, 2.24) is 15.0 Å². The number of hydrogen-bond acceptors (Lipinski definition) is 6. The van der Waals surface area contributed by atoms with Crippen molar-refractivity contribution in [3.63, 3.8) is 0 Å². The van der Waals surface area contributed by atoms with Crippen LogP contribution in [0.4, 0.5) is 23.3 Å². The lowest BCUT2D eigenvalue weighted by molar-refractivity contribution is 0.207. The molecule has 7 heteroatoms. The molecule has 0 aliphatic carbocycles. The Labute approximate surface area is 213 Å². The van der Waals surface area contributed by atoms with Crippen molar-refractivity contribution in [3.05, 3.63) is 71.9 Å². The number of anilines is 4. The molecule has 0 unspecified atom stereocenters. The number of aryl methyl sites for hydroxylation is 1. The predicted molar refractivity (Wildman–Crippen MR) is 149 cm³/mol. The molecule has 1 aliphatic heterocycles. The smallest absolute Gasteiger partial charge is 0.226 e. The van der Waals surface area contributed by atoms with E-state index in [1.54, 1.807) is 7.11 Å². The van der Waals surface area contributed by atoms with Crippen LogP contribution in [0.1, 0.15) is 30.4 Å². The quantitative estimate of drug-likeness (QED) is 0.301. The van der Waals surface area contributed by atoms with Gasteiger partial charge in [0.15, 0.2) is 0 Å². The average Bonchev–Trinajstić information content (AvgIpc) is 3.33. The Hall–Kier alpha value is -3.58. The first-order valence-corrected chi connectivity index (χ1v) is 13.0. The summed E-state index contributed by atoms with van der Waals surface area (Å²) in [6.07, 6.45) is 6.68. The van der Waals surface area contributed by atoms with Crippen LogP contribution in [0.15, 0.2) is 60.8 Å². The molecule has 3 heterocycles. The van der Waals surface area contributed by atoms with E-state index in [2.05, 4.69) is 87.8 Å². The minimum Gasteiger partial charge on any atom is -0.383 e. The number of aromatic nitrogens is 3. The number of piperidine rings is 1. The van der Waals surface area contributed by atoms with Crippen molar-refractivity contribution in [1.29, 1.82) is 0 Å². The minimum atomic E-state index is 0.611. The molecule has 2 aromatic heterocycles.